The third kappa shape index (κ3) is 8.27. The highest BCUT2D eigenvalue weighted by molar-refractivity contribution is 5.56. The van der Waals surface area contributed by atoms with Gasteiger partial charge in [0.1, 0.15) is 5.75 Å². The standard InChI is InChI=1S/C26H31NO2/c1-3-29-21(2)8-4-5-9-22(18-19-25-10-6-7-11-26(25)28)12-13-23-14-16-24(20-27)17-15-23/h6-7,10-11,14-19,22,28H,2-5,8-9,12-13H2,1H3/b19-18+. The van der Waals surface area contributed by atoms with Gasteiger partial charge in [0, 0.05) is 12.0 Å². The zero-order chi connectivity index (χ0) is 20.9. The summed E-state index contributed by atoms with van der Waals surface area (Å²) in [7, 11) is 0. The number of allylic oxidation sites excluding steroid dienone is 2. The number of rotatable bonds is 12. The van der Waals surface area contributed by atoms with E-state index in [9.17, 15) is 5.11 Å². The van der Waals surface area contributed by atoms with Gasteiger partial charge in [-0.2, -0.15) is 5.26 Å². The zero-order valence-electron chi connectivity index (χ0n) is 17.3. The molecule has 0 radical (unpaired) electrons. The molecule has 0 fully saturated rings. The Hall–Kier alpha value is -2.99. The largest absolute Gasteiger partial charge is 0.507 e. The van der Waals surface area contributed by atoms with Crippen LogP contribution in [0, 0.1) is 17.2 Å². The molecule has 29 heavy (non-hydrogen) atoms. The normalized spacial score (nSPS) is 11.9. The van der Waals surface area contributed by atoms with Crippen LogP contribution in [0.25, 0.3) is 6.08 Å². The minimum atomic E-state index is 0.308. The minimum absolute atomic E-state index is 0.308. The summed E-state index contributed by atoms with van der Waals surface area (Å²) in [5.41, 5.74) is 2.79. The Balaban J connectivity index is 1.94. The van der Waals surface area contributed by atoms with Crippen molar-refractivity contribution in [3.05, 3.63) is 83.6 Å². The summed E-state index contributed by atoms with van der Waals surface area (Å²) in [4.78, 5) is 0. The van der Waals surface area contributed by atoms with E-state index in [1.807, 2.05) is 55.5 Å². The fourth-order valence-electron chi connectivity index (χ4n) is 3.31. The minimum Gasteiger partial charge on any atom is -0.507 e. The molecular formula is C26H31NO2. The number of aryl methyl sites for hydroxylation is 1. The van der Waals surface area contributed by atoms with Crippen LogP contribution in [0.2, 0.25) is 0 Å². The number of hydrogen-bond acceptors (Lipinski definition) is 3. The Kier molecular flexibility index (Phi) is 9.59. The van der Waals surface area contributed by atoms with E-state index in [4.69, 9.17) is 10.00 Å². The van der Waals surface area contributed by atoms with Gasteiger partial charge in [-0.25, -0.2) is 0 Å². The molecule has 1 unspecified atom stereocenters. The van der Waals surface area contributed by atoms with Gasteiger partial charge in [-0.3, -0.25) is 0 Å². The number of benzene rings is 2. The Morgan fingerprint density at radius 3 is 2.59 bits per heavy atom. The third-order valence-electron chi connectivity index (χ3n) is 5.00. The maximum Gasteiger partial charge on any atom is 0.122 e. The summed E-state index contributed by atoms with van der Waals surface area (Å²) in [6.07, 6.45) is 10.4. The fraction of sp³-hybridized carbons (Fsp3) is 0.346. The second-order valence-electron chi connectivity index (χ2n) is 7.24. The first-order valence-corrected chi connectivity index (χ1v) is 10.4. The third-order valence-corrected chi connectivity index (χ3v) is 5.00. The molecule has 152 valence electrons. The molecule has 0 bridgehead atoms. The number of aromatic hydroxyl groups is 1. The lowest BCUT2D eigenvalue weighted by Gasteiger charge is -2.14. The average Bonchev–Trinajstić information content (AvgIpc) is 2.74. The summed E-state index contributed by atoms with van der Waals surface area (Å²) < 4.78 is 5.43. The first kappa shape index (κ1) is 22.3. The molecule has 0 aliphatic rings. The second-order valence-corrected chi connectivity index (χ2v) is 7.24. The van der Waals surface area contributed by atoms with E-state index in [0.717, 1.165) is 49.8 Å². The van der Waals surface area contributed by atoms with E-state index in [1.54, 1.807) is 6.07 Å². The predicted octanol–water partition coefficient (Wildman–Crippen LogP) is 6.64. The molecule has 2 aromatic carbocycles. The summed E-state index contributed by atoms with van der Waals surface area (Å²) >= 11 is 0. The number of ether oxygens (including phenoxy) is 1. The lowest BCUT2D eigenvalue weighted by molar-refractivity contribution is 0.217. The number of unbranched alkanes of at least 4 members (excludes halogenated alkanes) is 1. The molecule has 2 rings (SSSR count). The number of phenolic OH excluding ortho intramolecular Hbond substituents is 1. The number of para-hydroxylation sites is 1. The average molecular weight is 390 g/mol. The molecule has 0 aliphatic carbocycles. The lowest BCUT2D eigenvalue weighted by atomic mass is 9.92. The molecule has 0 spiro atoms. The molecule has 3 nitrogen and oxygen atoms in total. The van der Waals surface area contributed by atoms with E-state index >= 15 is 0 Å². The van der Waals surface area contributed by atoms with E-state index in [1.165, 1.54) is 5.56 Å². The highest BCUT2D eigenvalue weighted by Gasteiger charge is 2.07. The van der Waals surface area contributed by atoms with Crippen LogP contribution < -0.4 is 0 Å². The zero-order valence-corrected chi connectivity index (χ0v) is 17.3. The van der Waals surface area contributed by atoms with Gasteiger partial charge in [0.15, 0.2) is 0 Å². The SMILES string of the molecule is C=C(CCCCC(/C=C/c1ccccc1O)CCc1ccc(C#N)cc1)OCC. The smallest absolute Gasteiger partial charge is 0.122 e. The van der Waals surface area contributed by atoms with Crippen LogP contribution in [-0.4, -0.2) is 11.7 Å². The van der Waals surface area contributed by atoms with Crippen molar-refractivity contribution in [1.82, 2.24) is 0 Å². The van der Waals surface area contributed by atoms with E-state index < -0.39 is 0 Å². The van der Waals surface area contributed by atoms with Crippen molar-refractivity contribution in [3.63, 3.8) is 0 Å². The second kappa shape index (κ2) is 12.5. The van der Waals surface area contributed by atoms with Crippen LogP contribution in [0.1, 0.15) is 55.7 Å². The lowest BCUT2D eigenvalue weighted by Crippen LogP contribution is -2.00. The van der Waals surface area contributed by atoms with E-state index in [-0.39, 0.29) is 0 Å². The number of nitrogens with zero attached hydrogens (tertiary/aromatic N) is 1. The molecule has 0 aliphatic heterocycles. The quantitative estimate of drug-likeness (QED) is 0.327. The highest BCUT2D eigenvalue weighted by atomic mass is 16.5. The van der Waals surface area contributed by atoms with Gasteiger partial charge in [-0.15, -0.1) is 0 Å². The summed E-state index contributed by atoms with van der Waals surface area (Å²) in [6.45, 7) is 6.61. The Morgan fingerprint density at radius 2 is 1.90 bits per heavy atom. The van der Waals surface area contributed by atoms with Gasteiger partial charge in [0.2, 0.25) is 0 Å². The maximum absolute atomic E-state index is 10.0. The van der Waals surface area contributed by atoms with Crippen molar-refractivity contribution in [1.29, 1.82) is 5.26 Å². The molecule has 0 heterocycles. The molecule has 1 N–H and O–H groups in total. The van der Waals surface area contributed by atoms with Crippen molar-refractivity contribution in [2.45, 2.75) is 45.4 Å². The summed E-state index contributed by atoms with van der Waals surface area (Å²) in [5, 5.41) is 19.0. The molecule has 0 saturated carbocycles. The van der Waals surface area contributed by atoms with Gasteiger partial charge in [0.05, 0.1) is 24.0 Å². The van der Waals surface area contributed by atoms with Crippen LogP contribution in [0.4, 0.5) is 0 Å². The van der Waals surface area contributed by atoms with Gasteiger partial charge in [-0.1, -0.05) is 55.5 Å². The van der Waals surface area contributed by atoms with E-state index in [0.29, 0.717) is 23.8 Å². The monoisotopic (exact) mass is 389 g/mol. The van der Waals surface area contributed by atoms with Crippen LogP contribution in [-0.2, 0) is 11.2 Å². The van der Waals surface area contributed by atoms with Crippen molar-refractivity contribution in [2.24, 2.45) is 5.92 Å². The van der Waals surface area contributed by atoms with Crippen LogP contribution >= 0.6 is 0 Å². The van der Waals surface area contributed by atoms with Gasteiger partial charge in [-0.05, 0) is 62.3 Å². The van der Waals surface area contributed by atoms with Crippen molar-refractivity contribution in [2.75, 3.05) is 6.61 Å². The van der Waals surface area contributed by atoms with Crippen molar-refractivity contribution in [3.8, 4) is 11.8 Å². The molecular weight excluding hydrogens is 358 g/mol. The van der Waals surface area contributed by atoms with Crippen LogP contribution in [0.5, 0.6) is 5.75 Å². The Morgan fingerprint density at radius 1 is 1.14 bits per heavy atom. The van der Waals surface area contributed by atoms with Crippen LogP contribution in [0.15, 0.2) is 66.9 Å². The maximum atomic E-state index is 10.0. The molecule has 0 aromatic heterocycles. The highest BCUT2D eigenvalue weighted by Crippen LogP contribution is 2.23. The summed E-state index contributed by atoms with van der Waals surface area (Å²) in [5.74, 6) is 1.60. The fourth-order valence-corrected chi connectivity index (χ4v) is 3.31. The van der Waals surface area contributed by atoms with Crippen molar-refractivity contribution >= 4 is 6.08 Å². The number of hydrogen-bond donors (Lipinski definition) is 1. The van der Waals surface area contributed by atoms with Gasteiger partial charge >= 0.3 is 0 Å². The van der Waals surface area contributed by atoms with Crippen molar-refractivity contribution < 1.29 is 9.84 Å². The Labute approximate surface area is 175 Å². The van der Waals surface area contributed by atoms with Crippen LogP contribution in [0.3, 0.4) is 0 Å². The van der Waals surface area contributed by atoms with Gasteiger partial charge < -0.3 is 9.84 Å². The molecule has 1 atom stereocenters. The molecule has 2 aromatic rings. The molecule has 0 saturated heterocycles. The first-order valence-electron chi connectivity index (χ1n) is 10.4. The topological polar surface area (TPSA) is 53.2 Å². The first-order chi connectivity index (χ1) is 14.1. The molecule has 3 heteroatoms. The van der Waals surface area contributed by atoms with Gasteiger partial charge in [0.25, 0.3) is 0 Å². The number of phenols is 1. The number of nitriles is 1. The Bertz CT molecular complexity index is 831. The molecule has 0 amide bonds. The van der Waals surface area contributed by atoms with E-state index in [2.05, 4.69) is 18.7 Å². The predicted molar refractivity (Wildman–Crippen MR) is 119 cm³/mol. The summed E-state index contributed by atoms with van der Waals surface area (Å²) in [6, 6.07) is 17.4.